The Hall–Kier alpha value is -2.69. The summed E-state index contributed by atoms with van der Waals surface area (Å²) in [5, 5.41) is 5.43. The summed E-state index contributed by atoms with van der Waals surface area (Å²) in [5.74, 6) is 6.45. The van der Waals surface area contributed by atoms with Gasteiger partial charge in [0.25, 0.3) is 0 Å². The minimum Gasteiger partial charge on any atom is -1.00 e. The Labute approximate surface area is 319 Å². The monoisotopic (exact) mass is 920 g/mol. The zero-order valence-electron chi connectivity index (χ0n) is 29.8. The topological polar surface area (TPSA) is 0 Å². The molecule has 0 aromatic heterocycles. The molecule has 0 bridgehead atoms. The average Bonchev–Trinajstić information content (AvgIpc) is 3.62. The van der Waals surface area contributed by atoms with Crippen molar-refractivity contribution >= 4 is 42.7 Å². The van der Waals surface area contributed by atoms with Crippen molar-refractivity contribution in [2.24, 2.45) is 11.8 Å². The Balaban J connectivity index is 0.00000216. The van der Waals surface area contributed by atoms with Crippen LogP contribution >= 0.6 is 0 Å². The molecular formula is C46H44Cl2GeHf. The normalized spacial score (nSPS) is 16.3. The summed E-state index contributed by atoms with van der Waals surface area (Å²) < 4.78 is 1.20. The van der Waals surface area contributed by atoms with E-state index in [9.17, 15) is 0 Å². The molecule has 0 heterocycles. The predicted molar refractivity (Wildman–Crippen MR) is 205 cm³/mol. The van der Waals surface area contributed by atoms with Crippen LogP contribution in [0.15, 0.2) is 145 Å². The van der Waals surface area contributed by atoms with E-state index in [0.29, 0.717) is 19.2 Å². The Morgan fingerprint density at radius 3 is 1.18 bits per heavy atom. The summed E-state index contributed by atoms with van der Waals surface area (Å²) in [5.41, 5.74) is 15.7. The fourth-order valence-electron chi connectivity index (χ4n) is 9.03. The second kappa shape index (κ2) is 15.1. The molecule has 0 amide bonds. The molecule has 6 aromatic rings. The molecule has 250 valence electrons. The zero-order valence-corrected chi connectivity index (χ0v) is 37.0. The van der Waals surface area contributed by atoms with Crippen molar-refractivity contribution in [2.75, 3.05) is 0 Å². The van der Waals surface area contributed by atoms with E-state index in [2.05, 4.69) is 173 Å². The molecule has 8 rings (SSSR count). The molecule has 6 aromatic carbocycles. The molecular weight excluding hydrogens is 875 g/mol. The number of hydrogen-bond acceptors (Lipinski definition) is 0. The first kappa shape index (κ1) is 37.1. The molecule has 0 saturated heterocycles. The summed E-state index contributed by atoms with van der Waals surface area (Å²) in [6.07, 6.45) is 0. The Morgan fingerprint density at radius 1 is 0.440 bits per heavy atom. The van der Waals surface area contributed by atoms with Gasteiger partial charge in [0.1, 0.15) is 0 Å². The van der Waals surface area contributed by atoms with Gasteiger partial charge in [-0.15, -0.1) is 0 Å². The molecule has 2 aliphatic carbocycles. The minimum absolute atomic E-state index is 0. The fourth-order valence-corrected chi connectivity index (χ4v) is 54.9. The Kier molecular flexibility index (Phi) is 11.2. The van der Waals surface area contributed by atoms with Crippen molar-refractivity contribution in [3.63, 3.8) is 0 Å². The molecule has 0 aliphatic heterocycles. The average molecular weight is 919 g/mol. The summed E-state index contributed by atoms with van der Waals surface area (Å²) in [4.78, 5) is 0. The van der Waals surface area contributed by atoms with Crippen LogP contribution in [-0.2, 0) is 18.3 Å². The number of fused-ring (bicyclic) bond motifs is 4. The van der Waals surface area contributed by atoms with Crippen LogP contribution in [0.5, 0.6) is 0 Å². The predicted octanol–water partition coefficient (Wildman–Crippen LogP) is 6.60. The third-order valence-corrected chi connectivity index (χ3v) is 53.7. The molecule has 0 spiro atoms. The largest absolute Gasteiger partial charge is 1.00 e. The molecule has 2 unspecified atom stereocenters. The van der Waals surface area contributed by atoms with Crippen molar-refractivity contribution in [1.29, 1.82) is 0 Å². The first-order chi connectivity index (χ1) is 23.4. The van der Waals surface area contributed by atoms with Gasteiger partial charge in [0, 0.05) is 0 Å². The van der Waals surface area contributed by atoms with Crippen molar-refractivity contribution in [3.8, 4) is 0 Å². The van der Waals surface area contributed by atoms with Crippen molar-refractivity contribution in [2.45, 2.75) is 46.6 Å². The molecule has 0 nitrogen and oxygen atoms in total. The summed E-state index contributed by atoms with van der Waals surface area (Å²) in [6, 6.07) is 51.1. The minimum atomic E-state index is -2.62. The number of allylic oxidation sites excluding steroid dienone is 2. The van der Waals surface area contributed by atoms with Crippen LogP contribution in [0.1, 0.15) is 68.4 Å². The fraction of sp³-hybridized carbons (Fsp3) is 0.217. The first-order valence-corrected chi connectivity index (χ1v) is 36.4. The standard InChI is InChI=1S/2C22H19.C2H6Ge.2ClH.Hf/c2*1-15(2)21-14-17-9-4-6-12-19(17)22(21)20-13-7-10-16-8-3-5-11-18(16)20;1-3-2;;;/h2*3-15H,1-2H3;1-2H3;2*1H;/q;;;;;+2/p-2. The molecule has 2 aliphatic rings. The third kappa shape index (κ3) is 6.05. The SMILES string of the molecule is CC(C)C1=C(c2cccc3ccccc23)c2ccccc2[CH]1[Hf+2]([CH]1C(C(C)C)=C(c2cccc3ccccc23)c2ccccc21)=[Ge]([CH3])[CH3].[Cl-].[Cl-]. The maximum atomic E-state index is 2.75. The first-order valence-electron chi connectivity index (χ1n) is 17.7. The van der Waals surface area contributed by atoms with Gasteiger partial charge < -0.3 is 24.8 Å². The Morgan fingerprint density at radius 2 is 0.780 bits per heavy atom. The number of rotatable bonds is 6. The molecule has 0 fully saturated rings. The summed E-state index contributed by atoms with van der Waals surface area (Å²) in [6.45, 7) is 9.93. The van der Waals surface area contributed by atoms with Crippen LogP contribution in [0.3, 0.4) is 0 Å². The zero-order chi connectivity index (χ0) is 33.1. The second-order valence-electron chi connectivity index (χ2n) is 14.5. The molecule has 0 N–H and O–H groups in total. The van der Waals surface area contributed by atoms with Gasteiger partial charge in [-0.25, -0.2) is 0 Å². The molecule has 2 atom stereocenters. The summed E-state index contributed by atoms with van der Waals surface area (Å²) >= 11 is -2.62. The van der Waals surface area contributed by atoms with Crippen LogP contribution in [-0.4, -0.2) is 10.1 Å². The van der Waals surface area contributed by atoms with E-state index in [1.165, 1.54) is 43.8 Å². The molecule has 0 radical (unpaired) electrons. The van der Waals surface area contributed by atoms with Crippen LogP contribution in [0.4, 0.5) is 0 Å². The van der Waals surface area contributed by atoms with E-state index < -0.39 is 28.4 Å². The van der Waals surface area contributed by atoms with E-state index in [1.807, 2.05) is 0 Å². The quantitative estimate of drug-likeness (QED) is 0.166. The van der Waals surface area contributed by atoms with E-state index in [4.69, 9.17) is 0 Å². The third-order valence-electron chi connectivity index (χ3n) is 10.8. The maximum absolute atomic E-state index is 2.75. The van der Waals surface area contributed by atoms with Crippen LogP contribution in [0, 0.1) is 11.8 Å². The van der Waals surface area contributed by atoms with Crippen LogP contribution in [0.25, 0.3) is 32.7 Å². The van der Waals surface area contributed by atoms with Crippen molar-refractivity contribution in [1.82, 2.24) is 0 Å². The van der Waals surface area contributed by atoms with Gasteiger partial charge >= 0.3 is 297 Å². The van der Waals surface area contributed by atoms with E-state index in [1.54, 1.807) is 33.4 Å². The number of halogens is 2. The van der Waals surface area contributed by atoms with Gasteiger partial charge in [0.2, 0.25) is 0 Å². The van der Waals surface area contributed by atoms with Gasteiger partial charge in [-0.3, -0.25) is 0 Å². The van der Waals surface area contributed by atoms with Crippen LogP contribution in [0.2, 0.25) is 11.5 Å². The van der Waals surface area contributed by atoms with Crippen molar-refractivity contribution in [3.05, 3.63) is 178 Å². The van der Waals surface area contributed by atoms with Gasteiger partial charge in [-0.05, 0) is 0 Å². The van der Waals surface area contributed by atoms with Crippen LogP contribution < -0.4 is 24.8 Å². The number of hydrogen-bond donors (Lipinski definition) is 0. The Bertz CT molecular complexity index is 2170. The van der Waals surface area contributed by atoms with Gasteiger partial charge in [-0.2, -0.15) is 0 Å². The molecule has 4 heteroatoms. The van der Waals surface area contributed by atoms with Gasteiger partial charge in [0.15, 0.2) is 0 Å². The summed E-state index contributed by atoms with van der Waals surface area (Å²) in [7, 11) is -1.41. The van der Waals surface area contributed by atoms with E-state index >= 15 is 0 Å². The smallest absolute Gasteiger partial charge is 1.00 e. The van der Waals surface area contributed by atoms with Crippen molar-refractivity contribution < 1.29 is 43.2 Å². The molecule has 50 heavy (non-hydrogen) atoms. The van der Waals surface area contributed by atoms with E-state index in [0.717, 1.165) is 0 Å². The number of benzene rings is 6. The second-order valence-corrected chi connectivity index (χ2v) is 54.7. The van der Waals surface area contributed by atoms with Gasteiger partial charge in [-0.1, -0.05) is 0 Å². The molecule has 0 saturated carbocycles. The van der Waals surface area contributed by atoms with E-state index in [-0.39, 0.29) is 24.8 Å². The van der Waals surface area contributed by atoms with Gasteiger partial charge in [0.05, 0.1) is 0 Å². The maximum Gasteiger partial charge on any atom is -1.00 e.